The Labute approximate surface area is 231 Å². The zero-order chi connectivity index (χ0) is 28.6. The van der Waals surface area contributed by atoms with Crippen LogP contribution in [0.25, 0.3) is 11.3 Å². The van der Waals surface area contributed by atoms with Crippen LogP contribution in [0, 0.1) is 12.7 Å². The highest BCUT2D eigenvalue weighted by atomic mass is 19.1. The fourth-order valence-corrected chi connectivity index (χ4v) is 4.67. The lowest BCUT2D eigenvalue weighted by atomic mass is 9.97. The zero-order valence-electron chi connectivity index (χ0n) is 23.1. The second kappa shape index (κ2) is 10.7. The number of aromatic nitrogens is 4. The predicted octanol–water partition coefficient (Wildman–Crippen LogP) is 4.40. The number of carbonyl (C=O) groups is 1. The first-order valence-corrected chi connectivity index (χ1v) is 12.9. The van der Waals surface area contributed by atoms with E-state index in [2.05, 4.69) is 30.8 Å². The van der Waals surface area contributed by atoms with Crippen molar-refractivity contribution >= 4 is 23.1 Å². The van der Waals surface area contributed by atoms with Crippen LogP contribution in [0.3, 0.4) is 0 Å². The summed E-state index contributed by atoms with van der Waals surface area (Å²) < 4.78 is 22.3. The standard InChI is InChI=1S/C29H32FN7O3/c1-17-21(10-11-22(30)26(17)32-27(38)18-6-8-19(9-7-18)29(2,3)40-5)23-15-24(28(39)34-33-23)31-25-14-20-16-36(4)12-13-37(20)35-25/h6-11,14-15H,12-13,16H2,1-5H3,(H,32,38)(H,34,39)(H,31,33,35). The van der Waals surface area contributed by atoms with E-state index in [1.165, 1.54) is 6.07 Å². The van der Waals surface area contributed by atoms with E-state index in [-0.39, 0.29) is 11.4 Å². The third kappa shape index (κ3) is 5.38. The maximum Gasteiger partial charge on any atom is 0.287 e. The lowest BCUT2D eigenvalue weighted by Gasteiger charge is -2.23. The van der Waals surface area contributed by atoms with Gasteiger partial charge in [-0.3, -0.25) is 19.2 Å². The molecular weight excluding hydrogens is 513 g/mol. The van der Waals surface area contributed by atoms with Gasteiger partial charge in [0.1, 0.15) is 11.5 Å². The molecule has 2 aromatic carbocycles. The van der Waals surface area contributed by atoms with E-state index in [0.29, 0.717) is 28.2 Å². The number of hydrogen-bond donors (Lipinski definition) is 3. The van der Waals surface area contributed by atoms with E-state index in [1.807, 2.05) is 43.8 Å². The van der Waals surface area contributed by atoms with E-state index >= 15 is 0 Å². The van der Waals surface area contributed by atoms with Crippen molar-refractivity contribution in [2.24, 2.45) is 0 Å². The van der Waals surface area contributed by atoms with Gasteiger partial charge in [0.25, 0.3) is 11.5 Å². The molecule has 3 N–H and O–H groups in total. The monoisotopic (exact) mass is 545 g/mol. The van der Waals surface area contributed by atoms with Crippen LogP contribution in [0.4, 0.5) is 21.6 Å². The van der Waals surface area contributed by atoms with Crippen molar-refractivity contribution in [3.8, 4) is 11.3 Å². The van der Waals surface area contributed by atoms with Crippen molar-refractivity contribution in [1.29, 1.82) is 0 Å². The maximum atomic E-state index is 14.9. The van der Waals surface area contributed by atoms with Crippen molar-refractivity contribution in [1.82, 2.24) is 24.9 Å². The fourth-order valence-electron chi connectivity index (χ4n) is 4.67. The summed E-state index contributed by atoms with van der Waals surface area (Å²) in [6.07, 6.45) is 0. The number of H-pyrrole nitrogens is 1. The lowest BCUT2D eigenvalue weighted by Crippen LogP contribution is -2.30. The smallest absolute Gasteiger partial charge is 0.287 e. The molecule has 0 unspecified atom stereocenters. The van der Waals surface area contributed by atoms with E-state index in [0.717, 1.165) is 30.9 Å². The highest BCUT2D eigenvalue weighted by Crippen LogP contribution is 2.31. The molecule has 5 rings (SSSR count). The Bertz CT molecular complexity index is 1630. The summed E-state index contributed by atoms with van der Waals surface area (Å²) >= 11 is 0. The molecule has 0 spiro atoms. The molecule has 0 saturated heterocycles. The van der Waals surface area contributed by atoms with Gasteiger partial charge in [-0.05, 0) is 69.3 Å². The van der Waals surface area contributed by atoms with Crippen LogP contribution in [-0.4, -0.2) is 51.5 Å². The van der Waals surface area contributed by atoms with Gasteiger partial charge in [-0.15, -0.1) is 0 Å². The van der Waals surface area contributed by atoms with Gasteiger partial charge >= 0.3 is 0 Å². The summed E-state index contributed by atoms with van der Waals surface area (Å²) in [5.41, 5.74) is 3.14. The summed E-state index contributed by atoms with van der Waals surface area (Å²) in [4.78, 5) is 27.8. The third-order valence-electron chi connectivity index (χ3n) is 7.34. The molecule has 0 aliphatic carbocycles. The molecule has 0 radical (unpaired) electrons. The predicted molar refractivity (Wildman–Crippen MR) is 151 cm³/mol. The zero-order valence-corrected chi connectivity index (χ0v) is 23.1. The minimum atomic E-state index is -0.580. The minimum Gasteiger partial charge on any atom is -0.374 e. The number of halogens is 1. The molecule has 40 heavy (non-hydrogen) atoms. The van der Waals surface area contributed by atoms with Crippen LogP contribution < -0.4 is 16.2 Å². The number of benzene rings is 2. The van der Waals surface area contributed by atoms with Gasteiger partial charge < -0.3 is 15.4 Å². The van der Waals surface area contributed by atoms with Gasteiger partial charge in [0.2, 0.25) is 0 Å². The molecule has 1 aliphatic heterocycles. The van der Waals surface area contributed by atoms with Gasteiger partial charge in [0, 0.05) is 37.4 Å². The number of nitrogens with zero attached hydrogens (tertiary/aromatic N) is 4. The van der Waals surface area contributed by atoms with Crippen LogP contribution in [0.1, 0.15) is 41.0 Å². The number of amides is 1. The number of nitrogens with one attached hydrogen (secondary N) is 3. The Morgan fingerprint density at radius 2 is 1.88 bits per heavy atom. The molecule has 11 heteroatoms. The first-order chi connectivity index (χ1) is 19.1. The Morgan fingerprint density at radius 1 is 1.12 bits per heavy atom. The highest BCUT2D eigenvalue weighted by molar-refractivity contribution is 6.05. The quantitative estimate of drug-likeness (QED) is 0.315. The number of likely N-dealkylation sites (N-methyl/N-ethyl adjacent to an activating group) is 1. The number of fused-ring (bicyclic) bond motifs is 1. The molecule has 4 aromatic rings. The topological polar surface area (TPSA) is 117 Å². The molecule has 10 nitrogen and oxygen atoms in total. The fraction of sp³-hybridized carbons (Fsp3) is 0.310. The van der Waals surface area contributed by atoms with Gasteiger partial charge in [-0.1, -0.05) is 12.1 Å². The van der Waals surface area contributed by atoms with Crippen molar-refractivity contribution in [3.63, 3.8) is 0 Å². The molecule has 0 atom stereocenters. The Kier molecular flexibility index (Phi) is 7.26. The van der Waals surface area contributed by atoms with Crippen LogP contribution in [0.2, 0.25) is 0 Å². The average molecular weight is 546 g/mol. The van der Waals surface area contributed by atoms with Crippen LogP contribution in [0.15, 0.2) is 53.3 Å². The minimum absolute atomic E-state index is 0.0391. The van der Waals surface area contributed by atoms with Gasteiger partial charge in [-0.2, -0.15) is 10.2 Å². The molecule has 208 valence electrons. The summed E-state index contributed by atoms with van der Waals surface area (Å²) in [6, 6.07) is 13.3. The number of ether oxygens (including phenoxy) is 1. The van der Waals surface area contributed by atoms with Crippen molar-refractivity contribution < 1.29 is 13.9 Å². The number of methoxy groups -OCH3 is 1. The third-order valence-corrected chi connectivity index (χ3v) is 7.34. The van der Waals surface area contributed by atoms with Crippen LogP contribution in [-0.2, 0) is 23.4 Å². The van der Waals surface area contributed by atoms with E-state index in [9.17, 15) is 14.0 Å². The Hall–Kier alpha value is -4.35. The van der Waals surface area contributed by atoms with Crippen molar-refractivity contribution in [3.05, 3.63) is 87.1 Å². The van der Waals surface area contributed by atoms with Crippen molar-refractivity contribution in [2.75, 3.05) is 31.3 Å². The van der Waals surface area contributed by atoms with E-state index < -0.39 is 22.9 Å². The molecule has 0 fully saturated rings. The molecule has 1 amide bonds. The highest BCUT2D eigenvalue weighted by Gasteiger charge is 2.21. The summed E-state index contributed by atoms with van der Waals surface area (Å²) in [5.74, 6) is -0.480. The van der Waals surface area contributed by atoms with E-state index in [4.69, 9.17) is 4.74 Å². The molecule has 1 aliphatic rings. The second-order valence-electron chi connectivity index (χ2n) is 10.4. The SMILES string of the molecule is COC(C)(C)c1ccc(C(=O)Nc2c(F)ccc(-c3cc(Nc4cc5n(n4)CCN(C)C5)c(=O)[nH]n3)c2C)cc1. The summed E-state index contributed by atoms with van der Waals surface area (Å²) in [6.45, 7) is 7.99. The summed E-state index contributed by atoms with van der Waals surface area (Å²) in [7, 11) is 3.67. The second-order valence-corrected chi connectivity index (χ2v) is 10.4. The average Bonchev–Trinajstić information content (AvgIpc) is 3.33. The Balaban J connectivity index is 1.40. The van der Waals surface area contributed by atoms with Gasteiger partial charge in [0.15, 0.2) is 5.82 Å². The number of carbonyl (C=O) groups excluding carboxylic acids is 1. The maximum absolute atomic E-state index is 14.9. The first kappa shape index (κ1) is 27.2. The van der Waals surface area contributed by atoms with E-state index in [1.54, 1.807) is 38.3 Å². The molecule has 0 saturated carbocycles. The number of anilines is 3. The largest absolute Gasteiger partial charge is 0.374 e. The number of rotatable bonds is 7. The van der Waals surface area contributed by atoms with Crippen molar-refractivity contribution in [2.45, 2.75) is 39.5 Å². The number of aromatic amines is 1. The number of hydrogen-bond acceptors (Lipinski definition) is 7. The first-order valence-electron chi connectivity index (χ1n) is 12.9. The van der Waals surface area contributed by atoms with Crippen LogP contribution >= 0.6 is 0 Å². The molecular formula is C29H32FN7O3. The van der Waals surface area contributed by atoms with Gasteiger partial charge in [0.05, 0.1) is 29.2 Å². The normalized spacial score (nSPS) is 13.7. The summed E-state index contributed by atoms with van der Waals surface area (Å²) in [5, 5.41) is 17.0. The lowest BCUT2D eigenvalue weighted by molar-refractivity contribution is 0.0192. The Morgan fingerprint density at radius 3 is 2.60 bits per heavy atom. The molecule has 0 bridgehead atoms. The van der Waals surface area contributed by atoms with Gasteiger partial charge in [-0.25, -0.2) is 9.49 Å². The van der Waals surface area contributed by atoms with Crippen LogP contribution in [0.5, 0.6) is 0 Å². The molecule has 2 aromatic heterocycles. The molecule has 3 heterocycles.